The molecule has 30 heavy (non-hydrogen) atoms. The fourth-order valence-electron chi connectivity index (χ4n) is 3.28. The maximum Gasteiger partial charge on any atom is 0.313 e. The molecule has 0 aliphatic carbocycles. The van der Waals surface area contributed by atoms with E-state index in [0.29, 0.717) is 18.4 Å². The van der Waals surface area contributed by atoms with Gasteiger partial charge in [-0.3, -0.25) is 9.59 Å². The summed E-state index contributed by atoms with van der Waals surface area (Å²) in [6.07, 6.45) is -0.0841. The van der Waals surface area contributed by atoms with E-state index in [0.717, 1.165) is 5.56 Å². The summed E-state index contributed by atoms with van der Waals surface area (Å²) >= 11 is 0. The van der Waals surface area contributed by atoms with E-state index < -0.39 is 44.3 Å². The van der Waals surface area contributed by atoms with Crippen LogP contribution in [0.4, 0.5) is 14.5 Å². The van der Waals surface area contributed by atoms with E-state index in [1.807, 2.05) is 30.3 Å². The lowest BCUT2D eigenvalue weighted by Gasteiger charge is -2.36. The number of nitrogens with zero attached hydrogens (tertiary/aromatic N) is 1. The minimum atomic E-state index is -4.13. The molecular formula is C20H20F2N2O5S. The van der Waals surface area contributed by atoms with Gasteiger partial charge in [-0.25, -0.2) is 17.2 Å². The maximum absolute atomic E-state index is 14.0. The van der Waals surface area contributed by atoms with Gasteiger partial charge >= 0.3 is 11.8 Å². The molecule has 0 aromatic heterocycles. The second-order valence-electron chi connectivity index (χ2n) is 7.05. The van der Waals surface area contributed by atoms with Crippen LogP contribution in [-0.2, 0) is 24.2 Å². The number of nitrogens with one attached hydrogen (secondary N) is 1. The fraction of sp³-hybridized carbons (Fsp3) is 0.300. The first-order chi connectivity index (χ1) is 14.1. The highest BCUT2D eigenvalue weighted by Crippen LogP contribution is 2.26. The lowest BCUT2D eigenvalue weighted by molar-refractivity contribution is -0.152. The number of carbonyl (C=O) groups excluding carboxylic acids is 2. The van der Waals surface area contributed by atoms with Crippen LogP contribution in [0.25, 0.3) is 0 Å². The van der Waals surface area contributed by atoms with Gasteiger partial charge in [-0.05, 0) is 24.6 Å². The summed E-state index contributed by atoms with van der Waals surface area (Å²) in [5.74, 6) is -4.70. The molecule has 1 aliphatic heterocycles. The number of halogens is 2. The van der Waals surface area contributed by atoms with Crippen LogP contribution >= 0.6 is 0 Å². The van der Waals surface area contributed by atoms with Crippen molar-refractivity contribution >= 4 is 27.3 Å². The first-order valence-electron chi connectivity index (χ1n) is 9.06. The number of hydrogen-bond acceptors (Lipinski definition) is 5. The monoisotopic (exact) mass is 438 g/mol. The second kappa shape index (κ2) is 8.49. The summed E-state index contributed by atoms with van der Waals surface area (Å²) in [6, 6.07) is 10.5. The van der Waals surface area contributed by atoms with Crippen LogP contribution in [0, 0.1) is 11.6 Å². The van der Waals surface area contributed by atoms with E-state index in [9.17, 15) is 26.8 Å². The van der Waals surface area contributed by atoms with Gasteiger partial charge in [0.15, 0.2) is 9.84 Å². The van der Waals surface area contributed by atoms with Crippen molar-refractivity contribution in [3.63, 3.8) is 0 Å². The van der Waals surface area contributed by atoms with Gasteiger partial charge in [-0.15, -0.1) is 0 Å². The molecule has 0 spiro atoms. The van der Waals surface area contributed by atoms with Gasteiger partial charge in [-0.2, -0.15) is 0 Å². The van der Waals surface area contributed by atoms with E-state index >= 15 is 0 Å². The summed E-state index contributed by atoms with van der Waals surface area (Å²) in [5.41, 5.74) is 0.486. The quantitative estimate of drug-likeness (QED) is 0.743. The molecule has 0 saturated carbocycles. The summed E-state index contributed by atoms with van der Waals surface area (Å²) in [6.45, 7) is 2.07. The Hall–Kier alpha value is -2.85. The molecule has 0 radical (unpaired) electrons. The third kappa shape index (κ3) is 4.82. The van der Waals surface area contributed by atoms with Crippen molar-refractivity contribution in [1.29, 1.82) is 0 Å². The zero-order valence-corrected chi connectivity index (χ0v) is 17.1. The Balaban J connectivity index is 1.75. The number of hydrogen-bond donors (Lipinski definition) is 1. The number of anilines is 1. The molecule has 0 unspecified atom stereocenters. The third-order valence-corrected chi connectivity index (χ3v) is 5.67. The highest BCUT2D eigenvalue weighted by atomic mass is 32.2. The molecule has 1 saturated heterocycles. The van der Waals surface area contributed by atoms with Gasteiger partial charge in [0, 0.05) is 18.5 Å². The van der Waals surface area contributed by atoms with Crippen LogP contribution in [0.2, 0.25) is 0 Å². The Morgan fingerprint density at radius 3 is 2.27 bits per heavy atom. The van der Waals surface area contributed by atoms with Crippen LogP contribution in [0.5, 0.6) is 0 Å². The van der Waals surface area contributed by atoms with E-state index in [4.69, 9.17) is 4.74 Å². The summed E-state index contributed by atoms with van der Waals surface area (Å²) in [7, 11) is -4.13. The van der Waals surface area contributed by atoms with Crippen LogP contribution in [0.3, 0.4) is 0 Å². The number of amides is 2. The predicted molar refractivity (Wildman–Crippen MR) is 104 cm³/mol. The SMILES string of the molecule is C[C@@H]1CN(C(=O)C(=O)Nc2cc(F)c(S(C)(=O)=O)c(F)c2)C[C@@H](c2ccccc2)O1. The summed E-state index contributed by atoms with van der Waals surface area (Å²) < 4.78 is 56.8. The number of rotatable bonds is 3. The molecule has 0 bridgehead atoms. The molecule has 1 heterocycles. The van der Waals surface area contributed by atoms with Crippen molar-refractivity contribution < 1.29 is 31.5 Å². The smallest absolute Gasteiger partial charge is 0.313 e. The molecule has 2 amide bonds. The van der Waals surface area contributed by atoms with Gasteiger partial charge in [0.1, 0.15) is 22.6 Å². The summed E-state index contributed by atoms with van der Waals surface area (Å²) in [4.78, 5) is 25.2. The van der Waals surface area contributed by atoms with Crippen molar-refractivity contribution in [3.8, 4) is 0 Å². The number of ether oxygens (including phenoxy) is 1. The molecule has 7 nitrogen and oxygen atoms in total. The largest absolute Gasteiger partial charge is 0.367 e. The zero-order valence-electron chi connectivity index (χ0n) is 16.3. The highest BCUT2D eigenvalue weighted by Gasteiger charge is 2.32. The Morgan fingerprint density at radius 2 is 1.70 bits per heavy atom. The van der Waals surface area contributed by atoms with Gasteiger partial charge < -0.3 is 15.0 Å². The second-order valence-corrected chi connectivity index (χ2v) is 9.00. The van der Waals surface area contributed by atoms with Crippen LogP contribution in [-0.4, -0.2) is 50.6 Å². The Labute approximate surface area is 172 Å². The van der Waals surface area contributed by atoms with Crippen molar-refractivity contribution in [2.45, 2.75) is 24.0 Å². The summed E-state index contributed by atoms with van der Waals surface area (Å²) in [5, 5.41) is 2.12. The van der Waals surface area contributed by atoms with Crippen molar-refractivity contribution in [2.75, 3.05) is 24.7 Å². The minimum absolute atomic E-state index is 0.135. The van der Waals surface area contributed by atoms with Crippen molar-refractivity contribution in [3.05, 3.63) is 59.7 Å². The average molecular weight is 438 g/mol. The fourth-order valence-corrected chi connectivity index (χ4v) is 4.11. The molecule has 2 atom stereocenters. The number of benzene rings is 2. The molecule has 10 heteroatoms. The molecular weight excluding hydrogens is 418 g/mol. The van der Waals surface area contributed by atoms with Gasteiger partial charge in [0.05, 0.1) is 12.6 Å². The molecule has 3 rings (SSSR count). The molecule has 2 aromatic rings. The molecule has 160 valence electrons. The molecule has 1 N–H and O–H groups in total. The van der Waals surface area contributed by atoms with Crippen LogP contribution in [0.1, 0.15) is 18.6 Å². The molecule has 1 fully saturated rings. The first-order valence-corrected chi connectivity index (χ1v) is 10.9. The first kappa shape index (κ1) is 21.8. The lowest BCUT2D eigenvalue weighted by Crippen LogP contribution is -2.49. The van der Waals surface area contributed by atoms with Gasteiger partial charge in [0.2, 0.25) is 0 Å². The lowest BCUT2D eigenvalue weighted by atomic mass is 10.1. The molecule has 2 aromatic carbocycles. The van der Waals surface area contributed by atoms with Crippen molar-refractivity contribution in [1.82, 2.24) is 4.90 Å². The zero-order chi connectivity index (χ0) is 22.1. The third-order valence-electron chi connectivity index (χ3n) is 4.54. The van der Waals surface area contributed by atoms with E-state index in [-0.39, 0.29) is 24.9 Å². The molecule has 1 aliphatic rings. The normalized spacial score (nSPS) is 19.4. The highest BCUT2D eigenvalue weighted by molar-refractivity contribution is 7.90. The van der Waals surface area contributed by atoms with Gasteiger partial charge in [0.25, 0.3) is 0 Å². The maximum atomic E-state index is 14.0. The number of sulfone groups is 1. The predicted octanol–water partition coefficient (Wildman–Crippen LogP) is 2.30. The standard InChI is InChI=1S/C20H20F2N2O5S/c1-12-10-24(11-17(29-12)13-6-4-3-5-7-13)20(26)19(25)23-14-8-15(21)18(16(22)9-14)30(2,27)28/h3-9,12,17H,10-11H2,1-2H3,(H,23,25)/t12-,17+/m1/s1. The Morgan fingerprint density at radius 1 is 1.10 bits per heavy atom. The van der Waals surface area contributed by atoms with Gasteiger partial charge in [-0.1, -0.05) is 30.3 Å². The van der Waals surface area contributed by atoms with Crippen LogP contribution in [0.15, 0.2) is 47.4 Å². The number of morpholine rings is 1. The van der Waals surface area contributed by atoms with E-state index in [1.165, 1.54) is 4.90 Å². The topological polar surface area (TPSA) is 92.8 Å². The average Bonchev–Trinajstić information content (AvgIpc) is 2.65. The van der Waals surface area contributed by atoms with E-state index in [1.54, 1.807) is 6.92 Å². The minimum Gasteiger partial charge on any atom is -0.367 e. The Bertz CT molecular complexity index is 1050. The van der Waals surface area contributed by atoms with Crippen molar-refractivity contribution in [2.24, 2.45) is 0 Å². The number of carbonyl (C=O) groups is 2. The Kier molecular flexibility index (Phi) is 6.18. The van der Waals surface area contributed by atoms with E-state index in [2.05, 4.69) is 5.32 Å². The van der Waals surface area contributed by atoms with Crippen LogP contribution < -0.4 is 5.32 Å².